The number of benzene rings is 1. The Morgan fingerprint density at radius 1 is 1.40 bits per heavy atom. The first-order valence-electron chi connectivity index (χ1n) is 5.73. The predicted octanol–water partition coefficient (Wildman–Crippen LogP) is 2.16. The molecule has 1 aromatic rings. The Bertz CT molecular complexity index is 617. The molecule has 1 amide bonds. The highest BCUT2D eigenvalue weighted by Gasteiger charge is 2.23. The lowest BCUT2D eigenvalue weighted by atomic mass is 10.1. The predicted molar refractivity (Wildman–Crippen MR) is 83.5 cm³/mol. The van der Waals surface area contributed by atoms with Crippen LogP contribution in [0.4, 0.5) is 0 Å². The lowest BCUT2D eigenvalue weighted by molar-refractivity contribution is 0.0944. The fourth-order valence-electron chi connectivity index (χ4n) is 1.61. The Balaban J connectivity index is 2.75. The molecule has 1 aromatic carbocycles. The molecule has 1 rings (SSSR count). The van der Waals surface area contributed by atoms with Gasteiger partial charge in [-0.25, -0.2) is 13.1 Å². The van der Waals surface area contributed by atoms with E-state index in [1.807, 2.05) is 0 Å². The van der Waals surface area contributed by atoms with E-state index in [-0.39, 0.29) is 12.5 Å². The van der Waals surface area contributed by atoms with Gasteiger partial charge in [0.25, 0.3) is 5.91 Å². The number of carbonyl (C=O) groups excluding carboxylic acids is 1. The van der Waals surface area contributed by atoms with Gasteiger partial charge in [0.05, 0.1) is 16.8 Å². The second kappa shape index (κ2) is 6.43. The summed E-state index contributed by atoms with van der Waals surface area (Å²) in [6.07, 6.45) is 1.07. The molecule has 20 heavy (non-hydrogen) atoms. The summed E-state index contributed by atoms with van der Waals surface area (Å²) in [7, 11) is -3.34. The summed E-state index contributed by atoms with van der Waals surface area (Å²) in [4.78, 5) is 12.0. The SMILES string of the molecule is CC(C)(CNC(=O)c1cccc(Br)c1Cl)NS(C)(=O)=O. The van der Waals surface area contributed by atoms with E-state index in [2.05, 4.69) is 26.0 Å². The normalized spacial score (nSPS) is 12.2. The number of hydrogen-bond donors (Lipinski definition) is 2. The molecular formula is C12H16BrClN2O3S. The molecule has 0 fully saturated rings. The second-order valence-electron chi connectivity index (χ2n) is 5.04. The quantitative estimate of drug-likeness (QED) is 0.818. The zero-order valence-electron chi connectivity index (χ0n) is 11.3. The summed E-state index contributed by atoms with van der Waals surface area (Å²) in [5, 5.41) is 2.98. The maximum atomic E-state index is 12.0. The minimum atomic E-state index is -3.34. The number of amides is 1. The second-order valence-corrected chi connectivity index (χ2v) is 8.02. The fourth-order valence-corrected chi connectivity index (χ4v) is 3.27. The van der Waals surface area contributed by atoms with E-state index >= 15 is 0 Å². The van der Waals surface area contributed by atoms with Crippen molar-refractivity contribution in [2.24, 2.45) is 0 Å². The van der Waals surface area contributed by atoms with Crippen molar-refractivity contribution in [1.29, 1.82) is 0 Å². The van der Waals surface area contributed by atoms with Crippen LogP contribution >= 0.6 is 27.5 Å². The van der Waals surface area contributed by atoms with Gasteiger partial charge in [0, 0.05) is 16.6 Å². The molecule has 0 atom stereocenters. The minimum absolute atomic E-state index is 0.141. The standard InChI is InChI=1S/C12H16BrClN2O3S/c1-12(2,16-20(3,18)19)7-15-11(17)8-5-4-6-9(13)10(8)14/h4-6,16H,7H2,1-3H3,(H,15,17). The summed E-state index contributed by atoms with van der Waals surface area (Å²) in [5.74, 6) is -0.361. The van der Waals surface area contributed by atoms with Gasteiger partial charge in [0.2, 0.25) is 10.0 Å². The fraction of sp³-hybridized carbons (Fsp3) is 0.417. The van der Waals surface area contributed by atoms with Gasteiger partial charge in [-0.1, -0.05) is 17.7 Å². The summed E-state index contributed by atoms with van der Waals surface area (Å²) in [5.41, 5.74) is -0.460. The number of sulfonamides is 1. The molecule has 2 N–H and O–H groups in total. The monoisotopic (exact) mass is 382 g/mol. The van der Waals surface area contributed by atoms with Gasteiger partial charge in [0.1, 0.15) is 0 Å². The van der Waals surface area contributed by atoms with E-state index in [1.54, 1.807) is 32.0 Å². The Kier molecular flexibility index (Phi) is 5.60. The molecule has 0 unspecified atom stereocenters. The Morgan fingerprint density at radius 3 is 2.55 bits per heavy atom. The smallest absolute Gasteiger partial charge is 0.252 e. The number of hydrogen-bond acceptors (Lipinski definition) is 3. The van der Waals surface area contributed by atoms with Gasteiger partial charge in [-0.2, -0.15) is 0 Å². The molecular weight excluding hydrogens is 368 g/mol. The zero-order chi connectivity index (χ0) is 15.6. The van der Waals surface area contributed by atoms with Crippen molar-refractivity contribution in [2.45, 2.75) is 19.4 Å². The first-order valence-corrected chi connectivity index (χ1v) is 8.79. The molecule has 0 radical (unpaired) electrons. The van der Waals surface area contributed by atoms with Crippen molar-refractivity contribution < 1.29 is 13.2 Å². The first kappa shape index (κ1) is 17.4. The van der Waals surface area contributed by atoms with Crippen LogP contribution in [0, 0.1) is 0 Å². The molecule has 5 nitrogen and oxygen atoms in total. The summed E-state index contributed by atoms with van der Waals surface area (Å²) < 4.78 is 25.5. The highest BCUT2D eigenvalue weighted by Crippen LogP contribution is 2.25. The third-order valence-corrected chi connectivity index (χ3v) is 4.57. The molecule has 112 valence electrons. The molecule has 0 aliphatic carbocycles. The van der Waals surface area contributed by atoms with Crippen molar-refractivity contribution >= 4 is 43.5 Å². The highest BCUT2D eigenvalue weighted by atomic mass is 79.9. The molecule has 0 heterocycles. The zero-order valence-corrected chi connectivity index (χ0v) is 14.5. The molecule has 0 saturated heterocycles. The lowest BCUT2D eigenvalue weighted by Crippen LogP contribution is -2.51. The van der Waals surface area contributed by atoms with Crippen LogP contribution in [0.25, 0.3) is 0 Å². The van der Waals surface area contributed by atoms with Crippen LogP contribution in [0.3, 0.4) is 0 Å². The van der Waals surface area contributed by atoms with Gasteiger partial charge < -0.3 is 5.32 Å². The van der Waals surface area contributed by atoms with Crippen LogP contribution in [0.2, 0.25) is 5.02 Å². The average Bonchev–Trinajstić information content (AvgIpc) is 2.27. The van der Waals surface area contributed by atoms with Crippen molar-refractivity contribution in [3.8, 4) is 0 Å². The van der Waals surface area contributed by atoms with E-state index in [0.29, 0.717) is 15.1 Å². The number of rotatable bonds is 5. The lowest BCUT2D eigenvalue weighted by Gasteiger charge is -2.25. The third kappa shape index (κ3) is 5.40. The molecule has 0 bridgehead atoms. The van der Waals surface area contributed by atoms with Gasteiger partial charge in [-0.15, -0.1) is 0 Å². The van der Waals surface area contributed by atoms with E-state index in [1.165, 1.54) is 0 Å². The summed E-state index contributed by atoms with van der Waals surface area (Å²) in [6, 6.07) is 5.03. The number of nitrogens with one attached hydrogen (secondary N) is 2. The molecule has 0 aliphatic rings. The summed E-state index contributed by atoms with van der Waals surface area (Å²) >= 11 is 9.27. The topological polar surface area (TPSA) is 75.3 Å². The van der Waals surface area contributed by atoms with Crippen LogP contribution < -0.4 is 10.0 Å². The largest absolute Gasteiger partial charge is 0.350 e. The van der Waals surface area contributed by atoms with Crippen LogP contribution in [0.1, 0.15) is 24.2 Å². The van der Waals surface area contributed by atoms with Crippen LogP contribution in [-0.2, 0) is 10.0 Å². The highest BCUT2D eigenvalue weighted by molar-refractivity contribution is 9.10. The molecule has 0 aliphatic heterocycles. The maximum Gasteiger partial charge on any atom is 0.252 e. The van der Waals surface area contributed by atoms with Crippen LogP contribution in [0.5, 0.6) is 0 Å². The molecule has 0 spiro atoms. The summed E-state index contributed by atoms with van der Waals surface area (Å²) in [6.45, 7) is 3.50. The van der Waals surface area contributed by atoms with E-state index < -0.39 is 15.6 Å². The third-order valence-electron chi connectivity index (χ3n) is 2.35. The Hall–Kier alpha value is -0.630. The van der Waals surface area contributed by atoms with Gasteiger partial charge in [0.15, 0.2) is 0 Å². The van der Waals surface area contributed by atoms with Crippen LogP contribution in [0.15, 0.2) is 22.7 Å². The first-order chi connectivity index (χ1) is 9.02. The number of halogens is 2. The minimum Gasteiger partial charge on any atom is -0.350 e. The Morgan fingerprint density at radius 2 is 2.00 bits per heavy atom. The van der Waals surface area contributed by atoms with E-state index in [0.717, 1.165) is 6.26 Å². The van der Waals surface area contributed by atoms with Crippen molar-refractivity contribution in [3.05, 3.63) is 33.3 Å². The molecule has 0 aromatic heterocycles. The van der Waals surface area contributed by atoms with Gasteiger partial charge in [-0.3, -0.25) is 4.79 Å². The maximum absolute atomic E-state index is 12.0. The van der Waals surface area contributed by atoms with Crippen molar-refractivity contribution in [1.82, 2.24) is 10.0 Å². The van der Waals surface area contributed by atoms with Gasteiger partial charge >= 0.3 is 0 Å². The van der Waals surface area contributed by atoms with Crippen molar-refractivity contribution in [2.75, 3.05) is 12.8 Å². The van der Waals surface area contributed by atoms with Gasteiger partial charge in [-0.05, 0) is 41.9 Å². The molecule has 8 heteroatoms. The van der Waals surface area contributed by atoms with Crippen molar-refractivity contribution in [3.63, 3.8) is 0 Å². The van der Waals surface area contributed by atoms with E-state index in [9.17, 15) is 13.2 Å². The molecule has 0 saturated carbocycles. The Labute approximate surface area is 132 Å². The number of carbonyl (C=O) groups is 1. The van der Waals surface area contributed by atoms with Crippen LogP contribution in [-0.4, -0.2) is 32.7 Å². The average molecular weight is 384 g/mol. The van der Waals surface area contributed by atoms with E-state index in [4.69, 9.17) is 11.6 Å².